The summed E-state index contributed by atoms with van der Waals surface area (Å²) in [7, 11) is -3.37. The van der Waals surface area contributed by atoms with Gasteiger partial charge in [-0.25, -0.2) is 12.7 Å². The largest absolute Gasteiger partial charge is 0.360 e. The number of pyridine rings is 1. The number of nitrogens with zero attached hydrogens (tertiary/aromatic N) is 4. The second-order valence-electron chi connectivity index (χ2n) is 6.67. The van der Waals surface area contributed by atoms with E-state index in [0.29, 0.717) is 31.0 Å². The maximum absolute atomic E-state index is 12.8. The molecule has 1 aliphatic heterocycles. The van der Waals surface area contributed by atoms with Crippen LogP contribution in [0.25, 0.3) is 0 Å². The quantitative estimate of drug-likeness (QED) is 0.609. The van der Waals surface area contributed by atoms with Gasteiger partial charge in [0.2, 0.25) is 15.9 Å². The molecule has 0 N–H and O–H groups in total. The number of hydrogen-bond donors (Lipinski definition) is 0. The molecule has 1 amide bonds. The lowest BCUT2D eigenvalue weighted by atomic mass is 10.2. The van der Waals surface area contributed by atoms with Gasteiger partial charge >= 0.3 is 0 Å². The first-order valence-corrected chi connectivity index (χ1v) is 11.2. The van der Waals surface area contributed by atoms with Gasteiger partial charge in [-0.05, 0) is 25.0 Å². The molecule has 0 spiro atoms. The van der Waals surface area contributed by atoms with Crippen LogP contribution in [0.2, 0.25) is 5.15 Å². The Balaban J connectivity index is 1.64. The van der Waals surface area contributed by atoms with Gasteiger partial charge < -0.3 is 9.42 Å². The van der Waals surface area contributed by atoms with Crippen molar-refractivity contribution in [3.05, 3.63) is 47.1 Å². The topological polar surface area (TPSA) is 96.6 Å². The summed E-state index contributed by atoms with van der Waals surface area (Å²) in [5, 5.41) is 3.83. The molecule has 1 aliphatic rings. The molecule has 3 rings (SSSR count). The highest BCUT2D eigenvalue weighted by Crippen LogP contribution is 2.15. The second kappa shape index (κ2) is 9.49. The Labute approximate surface area is 169 Å². The van der Waals surface area contributed by atoms with Gasteiger partial charge in [0.25, 0.3) is 0 Å². The zero-order valence-electron chi connectivity index (χ0n) is 15.5. The number of aryl methyl sites for hydroxylation is 1. The number of halogens is 1. The predicted molar refractivity (Wildman–Crippen MR) is 104 cm³/mol. The summed E-state index contributed by atoms with van der Waals surface area (Å²) in [5.41, 5.74) is 0.706. The Bertz CT molecular complexity index is 882. The lowest BCUT2D eigenvalue weighted by Gasteiger charge is -2.24. The minimum absolute atomic E-state index is 0.0975. The smallest absolute Gasteiger partial charge is 0.223 e. The zero-order valence-corrected chi connectivity index (χ0v) is 17.0. The molecule has 0 aliphatic carbocycles. The number of aromatic nitrogens is 2. The summed E-state index contributed by atoms with van der Waals surface area (Å²) in [5.74, 6) is 0.246. The molecule has 0 unspecified atom stereocenters. The molecule has 0 radical (unpaired) electrons. The highest BCUT2D eigenvalue weighted by molar-refractivity contribution is 7.89. The molecule has 10 heteroatoms. The molecule has 0 saturated carbocycles. The standard InChI is InChI=1S/C18H23ClN4O4S/c19-17-13-16(27-21-17)6-7-18(24)22(14-15-5-1-2-8-20-15)11-12-28(25,26)23-9-3-4-10-23/h1-2,5,8,13H,3-4,6-7,9-12,14H2. The fraction of sp³-hybridized carbons (Fsp3) is 0.500. The summed E-state index contributed by atoms with van der Waals surface area (Å²) in [4.78, 5) is 18.5. The third-order valence-corrected chi connectivity index (χ3v) is 6.65. The van der Waals surface area contributed by atoms with E-state index in [4.69, 9.17) is 16.1 Å². The van der Waals surface area contributed by atoms with E-state index in [1.54, 1.807) is 18.3 Å². The van der Waals surface area contributed by atoms with E-state index in [2.05, 4.69) is 10.1 Å². The molecular weight excluding hydrogens is 404 g/mol. The zero-order chi connectivity index (χ0) is 20.0. The van der Waals surface area contributed by atoms with Gasteiger partial charge in [0, 0.05) is 44.7 Å². The van der Waals surface area contributed by atoms with Crippen LogP contribution < -0.4 is 0 Å². The van der Waals surface area contributed by atoms with Crippen LogP contribution >= 0.6 is 11.6 Å². The summed E-state index contributed by atoms with van der Waals surface area (Å²) < 4.78 is 31.6. The summed E-state index contributed by atoms with van der Waals surface area (Å²) in [6.07, 6.45) is 3.93. The van der Waals surface area contributed by atoms with Crippen LogP contribution in [0.5, 0.6) is 0 Å². The number of carbonyl (C=O) groups excluding carboxylic acids is 1. The molecule has 1 saturated heterocycles. The monoisotopic (exact) mass is 426 g/mol. The van der Waals surface area contributed by atoms with Gasteiger partial charge in [-0.2, -0.15) is 0 Å². The van der Waals surface area contributed by atoms with Crippen LogP contribution in [0.15, 0.2) is 35.0 Å². The summed E-state index contributed by atoms with van der Waals surface area (Å²) in [6, 6.07) is 7.00. The molecule has 2 aromatic heterocycles. The highest BCUT2D eigenvalue weighted by atomic mass is 35.5. The van der Waals surface area contributed by atoms with E-state index in [1.165, 1.54) is 9.21 Å². The van der Waals surface area contributed by atoms with Gasteiger partial charge in [-0.15, -0.1) is 0 Å². The van der Waals surface area contributed by atoms with E-state index in [1.807, 2.05) is 12.1 Å². The van der Waals surface area contributed by atoms with Crippen LogP contribution in [-0.2, 0) is 27.8 Å². The minimum Gasteiger partial charge on any atom is -0.360 e. The maximum Gasteiger partial charge on any atom is 0.223 e. The second-order valence-corrected chi connectivity index (χ2v) is 9.15. The predicted octanol–water partition coefficient (Wildman–Crippen LogP) is 2.11. The van der Waals surface area contributed by atoms with Crippen LogP contribution in [0.1, 0.15) is 30.7 Å². The molecule has 28 heavy (non-hydrogen) atoms. The molecule has 2 aromatic rings. The first kappa shape index (κ1) is 20.8. The number of hydrogen-bond acceptors (Lipinski definition) is 6. The van der Waals surface area contributed by atoms with Gasteiger partial charge in [0.05, 0.1) is 18.0 Å². The number of carbonyl (C=O) groups is 1. The first-order valence-electron chi connectivity index (χ1n) is 9.21. The first-order chi connectivity index (χ1) is 13.4. The van der Waals surface area contributed by atoms with Crippen molar-refractivity contribution >= 4 is 27.5 Å². The Morgan fingerprint density at radius 1 is 1.29 bits per heavy atom. The third-order valence-electron chi connectivity index (χ3n) is 4.62. The van der Waals surface area contributed by atoms with E-state index < -0.39 is 10.0 Å². The Morgan fingerprint density at radius 3 is 2.71 bits per heavy atom. The number of rotatable bonds is 9. The van der Waals surface area contributed by atoms with E-state index in [9.17, 15) is 13.2 Å². The Kier molecular flexibility index (Phi) is 7.03. The summed E-state index contributed by atoms with van der Waals surface area (Å²) >= 11 is 5.73. The minimum atomic E-state index is -3.37. The number of sulfonamides is 1. The van der Waals surface area contributed by atoms with Crippen molar-refractivity contribution in [2.75, 3.05) is 25.4 Å². The van der Waals surface area contributed by atoms with Crippen molar-refractivity contribution < 1.29 is 17.7 Å². The van der Waals surface area contributed by atoms with Crippen LogP contribution in [0.4, 0.5) is 0 Å². The fourth-order valence-corrected chi connectivity index (χ4v) is 4.77. The van der Waals surface area contributed by atoms with Crippen molar-refractivity contribution in [3.8, 4) is 0 Å². The third kappa shape index (κ3) is 5.76. The average molecular weight is 427 g/mol. The molecule has 1 fully saturated rings. The normalized spacial score (nSPS) is 15.0. The lowest BCUT2D eigenvalue weighted by molar-refractivity contribution is -0.131. The van der Waals surface area contributed by atoms with Crippen LogP contribution in [0, 0.1) is 0 Å². The van der Waals surface area contributed by atoms with Gasteiger partial charge in [-0.1, -0.05) is 22.8 Å². The number of amides is 1. The Morgan fingerprint density at radius 2 is 2.07 bits per heavy atom. The SMILES string of the molecule is O=C(CCc1cc(Cl)no1)N(CCS(=O)(=O)N1CCCC1)Cc1ccccn1. The van der Waals surface area contributed by atoms with Crippen molar-refractivity contribution in [1.29, 1.82) is 0 Å². The van der Waals surface area contributed by atoms with E-state index >= 15 is 0 Å². The fourth-order valence-electron chi connectivity index (χ4n) is 3.09. The molecule has 0 atom stereocenters. The molecule has 3 heterocycles. The molecule has 152 valence electrons. The highest BCUT2D eigenvalue weighted by Gasteiger charge is 2.27. The van der Waals surface area contributed by atoms with Gasteiger partial charge in [0.1, 0.15) is 5.76 Å². The van der Waals surface area contributed by atoms with E-state index in [-0.39, 0.29) is 36.3 Å². The molecular formula is C18H23ClN4O4S. The average Bonchev–Trinajstić information content (AvgIpc) is 3.36. The summed E-state index contributed by atoms with van der Waals surface area (Å²) in [6.45, 7) is 1.49. The lowest BCUT2D eigenvalue weighted by Crippen LogP contribution is -2.39. The van der Waals surface area contributed by atoms with Crippen LogP contribution in [0.3, 0.4) is 0 Å². The van der Waals surface area contributed by atoms with Gasteiger partial charge in [-0.3, -0.25) is 9.78 Å². The van der Waals surface area contributed by atoms with E-state index in [0.717, 1.165) is 12.8 Å². The Hall–Kier alpha value is -1.97. The van der Waals surface area contributed by atoms with Crippen molar-refractivity contribution in [2.24, 2.45) is 0 Å². The maximum atomic E-state index is 12.8. The van der Waals surface area contributed by atoms with Crippen molar-refractivity contribution in [1.82, 2.24) is 19.3 Å². The molecule has 8 nitrogen and oxygen atoms in total. The van der Waals surface area contributed by atoms with Crippen molar-refractivity contribution in [2.45, 2.75) is 32.2 Å². The van der Waals surface area contributed by atoms with Crippen LogP contribution in [-0.4, -0.2) is 59.1 Å². The molecule has 0 aromatic carbocycles. The van der Waals surface area contributed by atoms with Crippen molar-refractivity contribution in [3.63, 3.8) is 0 Å². The molecule has 0 bridgehead atoms. The van der Waals surface area contributed by atoms with Gasteiger partial charge in [0.15, 0.2) is 5.15 Å².